The molecule has 0 radical (unpaired) electrons. The topological polar surface area (TPSA) is 59.5 Å². The Hall–Kier alpha value is -1.29. The normalized spacial score (nSPS) is 16.1. The summed E-state index contributed by atoms with van der Waals surface area (Å²) in [7, 11) is 0. The van der Waals surface area contributed by atoms with E-state index in [2.05, 4.69) is 6.92 Å². The van der Waals surface area contributed by atoms with Crippen LogP contribution < -0.4 is 5.73 Å². The summed E-state index contributed by atoms with van der Waals surface area (Å²) < 4.78 is 5.37. The Bertz CT molecular complexity index is 399. The number of rotatable bonds is 9. The minimum absolute atomic E-state index is 0.263. The number of carbonyl (C=O) groups excluding carboxylic acids is 1. The molecule has 2 N–H and O–H groups in total. The second-order valence-corrected chi connectivity index (χ2v) is 5.72. The molecule has 112 valence electrons. The summed E-state index contributed by atoms with van der Waals surface area (Å²) in [6.45, 7) is 3.50. The molecule has 4 heteroatoms. The molecule has 0 saturated heterocycles. The first-order chi connectivity index (χ1) is 9.74. The number of hydrogen-bond acceptors (Lipinski definition) is 3. The molecule has 20 heavy (non-hydrogen) atoms. The Balaban J connectivity index is 1.84. The maximum atomic E-state index is 12.4. The third-order valence-electron chi connectivity index (χ3n) is 4.13. The van der Waals surface area contributed by atoms with Crippen molar-refractivity contribution in [2.24, 2.45) is 11.7 Å². The van der Waals surface area contributed by atoms with Crippen LogP contribution in [0.25, 0.3) is 0 Å². The Morgan fingerprint density at radius 3 is 2.85 bits per heavy atom. The highest BCUT2D eigenvalue weighted by Crippen LogP contribution is 2.29. The number of carbonyl (C=O) groups is 1. The van der Waals surface area contributed by atoms with Crippen LogP contribution in [0, 0.1) is 5.92 Å². The van der Waals surface area contributed by atoms with Gasteiger partial charge in [0.1, 0.15) is 5.76 Å². The lowest BCUT2D eigenvalue weighted by Gasteiger charge is -2.22. The van der Waals surface area contributed by atoms with Gasteiger partial charge in [0.15, 0.2) is 0 Å². The van der Waals surface area contributed by atoms with Gasteiger partial charge in [-0.15, -0.1) is 0 Å². The first-order valence-electron chi connectivity index (χ1n) is 7.76. The predicted molar refractivity (Wildman–Crippen MR) is 79.0 cm³/mol. The second kappa shape index (κ2) is 7.48. The monoisotopic (exact) mass is 278 g/mol. The van der Waals surface area contributed by atoms with Gasteiger partial charge < -0.3 is 15.1 Å². The number of nitrogens with two attached hydrogens (primary N) is 1. The molecule has 2 rings (SSSR count). The van der Waals surface area contributed by atoms with Gasteiger partial charge in [-0.1, -0.05) is 13.3 Å². The first-order valence-corrected chi connectivity index (χ1v) is 7.76. The maximum absolute atomic E-state index is 12.4. The smallest absolute Gasteiger partial charge is 0.223 e. The highest BCUT2D eigenvalue weighted by molar-refractivity contribution is 5.76. The minimum Gasteiger partial charge on any atom is -0.467 e. The van der Waals surface area contributed by atoms with Crippen LogP contribution in [0.15, 0.2) is 22.8 Å². The van der Waals surface area contributed by atoms with Crippen molar-refractivity contribution in [1.82, 2.24) is 4.90 Å². The zero-order valence-corrected chi connectivity index (χ0v) is 12.4. The van der Waals surface area contributed by atoms with Crippen LogP contribution >= 0.6 is 0 Å². The Kier molecular flexibility index (Phi) is 5.65. The molecule has 0 aliphatic heterocycles. The van der Waals surface area contributed by atoms with E-state index in [1.165, 1.54) is 0 Å². The van der Waals surface area contributed by atoms with E-state index in [9.17, 15) is 4.79 Å². The van der Waals surface area contributed by atoms with E-state index in [-0.39, 0.29) is 5.91 Å². The van der Waals surface area contributed by atoms with Crippen LogP contribution in [0.5, 0.6) is 0 Å². The molecule has 0 spiro atoms. The maximum Gasteiger partial charge on any atom is 0.223 e. The molecule has 1 unspecified atom stereocenters. The molecular weight excluding hydrogens is 252 g/mol. The molecule has 4 nitrogen and oxygen atoms in total. The number of hydrogen-bond donors (Lipinski definition) is 1. The van der Waals surface area contributed by atoms with Crippen molar-refractivity contribution in [1.29, 1.82) is 0 Å². The van der Waals surface area contributed by atoms with Crippen LogP contribution in [-0.2, 0) is 11.3 Å². The molecule has 1 aromatic heterocycles. The summed E-state index contributed by atoms with van der Waals surface area (Å²) in [5, 5.41) is 0. The lowest BCUT2D eigenvalue weighted by atomic mass is 9.96. The number of amides is 1. The highest BCUT2D eigenvalue weighted by atomic mass is 16.3. The zero-order chi connectivity index (χ0) is 14.4. The van der Waals surface area contributed by atoms with Crippen LogP contribution in [0.1, 0.15) is 51.2 Å². The Labute approximate surface area is 121 Å². The molecule has 1 atom stereocenters. The summed E-state index contributed by atoms with van der Waals surface area (Å²) >= 11 is 0. The van der Waals surface area contributed by atoms with Crippen LogP contribution in [-0.4, -0.2) is 23.4 Å². The van der Waals surface area contributed by atoms with Crippen molar-refractivity contribution >= 4 is 5.91 Å². The fourth-order valence-corrected chi connectivity index (χ4v) is 2.64. The Morgan fingerprint density at radius 1 is 1.50 bits per heavy atom. The molecule has 0 bridgehead atoms. The first kappa shape index (κ1) is 15.1. The number of nitrogens with zero attached hydrogens (tertiary/aromatic N) is 1. The summed E-state index contributed by atoms with van der Waals surface area (Å²) in [6, 6.07) is 4.24. The molecule has 0 aromatic carbocycles. The van der Waals surface area contributed by atoms with Gasteiger partial charge >= 0.3 is 0 Å². The van der Waals surface area contributed by atoms with Gasteiger partial charge in [0.25, 0.3) is 0 Å². The van der Waals surface area contributed by atoms with Crippen LogP contribution in [0.2, 0.25) is 0 Å². The fourth-order valence-electron chi connectivity index (χ4n) is 2.64. The van der Waals surface area contributed by atoms with E-state index < -0.39 is 0 Å². The number of furan rings is 1. The van der Waals surface area contributed by atoms with Gasteiger partial charge in [0.2, 0.25) is 5.91 Å². The van der Waals surface area contributed by atoms with E-state index in [0.29, 0.717) is 31.5 Å². The van der Waals surface area contributed by atoms with Crippen molar-refractivity contribution < 1.29 is 9.21 Å². The average Bonchev–Trinajstić information content (AvgIpc) is 3.17. The van der Waals surface area contributed by atoms with Crippen molar-refractivity contribution in [3.05, 3.63) is 24.2 Å². The average molecular weight is 278 g/mol. The van der Waals surface area contributed by atoms with Crippen molar-refractivity contribution in [2.75, 3.05) is 6.54 Å². The highest BCUT2D eigenvalue weighted by Gasteiger charge is 2.32. The fraction of sp³-hybridized carbons (Fsp3) is 0.688. The van der Waals surface area contributed by atoms with Crippen molar-refractivity contribution in [3.8, 4) is 0 Å². The molecule has 1 heterocycles. The van der Waals surface area contributed by atoms with Crippen LogP contribution in [0.4, 0.5) is 0 Å². The van der Waals surface area contributed by atoms with Gasteiger partial charge in [-0.2, -0.15) is 0 Å². The summed E-state index contributed by atoms with van der Waals surface area (Å²) in [6.07, 6.45) is 7.64. The molecular formula is C16H26N2O2. The lowest BCUT2D eigenvalue weighted by molar-refractivity contribution is -0.133. The van der Waals surface area contributed by atoms with Crippen molar-refractivity contribution in [2.45, 2.75) is 58.0 Å². The van der Waals surface area contributed by atoms with Gasteiger partial charge in [-0.25, -0.2) is 0 Å². The summed E-state index contributed by atoms with van der Waals surface area (Å²) in [5.41, 5.74) is 5.61. The largest absolute Gasteiger partial charge is 0.467 e. The standard InChI is InChI=1S/C16H26N2O2/c1-2-13(9-10-17)5-8-16(19)18(14-6-7-14)12-15-4-3-11-20-15/h3-4,11,13-14H,2,5-10,12,17H2,1H3. The molecule has 1 aliphatic rings. The quantitative estimate of drug-likeness (QED) is 0.755. The molecule has 1 aromatic rings. The predicted octanol–water partition coefficient (Wildman–Crippen LogP) is 2.93. The summed E-state index contributed by atoms with van der Waals surface area (Å²) in [4.78, 5) is 14.4. The minimum atomic E-state index is 0.263. The Morgan fingerprint density at radius 2 is 2.30 bits per heavy atom. The van der Waals surface area contributed by atoms with E-state index in [1.54, 1.807) is 6.26 Å². The van der Waals surface area contributed by atoms with Gasteiger partial charge in [-0.3, -0.25) is 4.79 Å². The van der Waals surface area contributed by atoms with E-state index >= 15 is 0 Å². The third kappa shape index (κ3) is 4.37. The summed E-state index contributed by atoms with van der Waals surface area (Å²) in [5.74, 6) is 1.72. The van der Waals surface area contributed by atoms with Gasteiger partial charge in [0.05, 0.1) is 12.8 Å². The van der Waals surface area contributed by atoms with Gasteiger partial charge in [0, 0.05) is 12.5 Å². The molecule has 1 saturated carbocycles. The van der Waals surface area contributed by atoms with E-state index in [0.717, 1.165) is 37.9 Å². The van der Waals surface area contributed by atoms with Gasteiger partial charge in [-0.05, 0) is 50.3 Å². The lowest BCUT2D eigenvalue weighted by Crippen LogP contribution is -2.32. The zero-order valence-electron chi connectivity index (χ0n) is 12.4. The van der Waals surface area contributed by atoms with Crippen LogP contribution in [0.3, 0.4) is 0 Å². The molecule has 1 aliphatic carbocycles. The van der Waals surface area contributed by atoms with Crippen molar-refractivity contribution in [3.63, 3.8) is 0 Å². The molecule has 1 amide bonds. The SMILES string of the molecule is CCC(CCN)CCC(=O)N(Cc1ccco1)C1CC1. The second-order valence-electron chi connectivity index (χ2n) is 5.72. The molecule has 1 fully saturated rings. The van der Waals surface area contributed by atoms with E-state index in [1.807, 2.05) is 17.0 Å². The van der Waals surface area contributed by atoms with E-state index in [4.69, 9.17) is 10.2 Å². The third-order valence-corrected chi connectivity index (χ3v) is 4.13.